The molecule has 1 aromatic carbocycles. The maximum Gasteiger partial charge on any atom is 0.251 e. The summed E-state index contributed by atoms with van der Waals surface area (Å²) in [4.78, 5) is 12.0. The van der Waals surface area contributed by atoms with Crippen molar-refractivity contribution in [3.63, 3.8) is 0 Å². The van der Waals surface area contributed by atoms with Crippen LogP contribution in [0.15, 0.2) is 45.5 Å². The standard InChI is InChI=1S/C14H14BrNO3/c1-9(7-11-3-2-6-19-11)16-14(18)10-4-5-12(15)13(17)8-10/h2-6,8-9,17H,7H2,1H3,(H,16,18). The Hall–Kier alpha value is -1.75. The molecule has 100 valence electrons. The van der Waals surface area contributed by atoms with Crippen LogP contribution in [0.5, 0.6) is 5.75 Å². The molecule has 2 aromatic rings. The predicted octanol–water partition coefficient (Wildman–Crippen LogP) is 3.11. The molecule has 0 spiro atoms. The number of hydrogen-bond acceptors (Lipinski definition) is 3. The number of benzene rings is 1. The molecular formula is C14H14BrNO3. The number of phenols is 1. The minimum atomic E-state index is -0.221. The number of rotatable bonds is 4. The van der Waals surface area contributed by atoms with Crippen LogP contribution in [0.3, 0.4) is 0 Å². The summed E-state index contributed by atoms with van der Waals surface area (Å²) in [6.45, 7) is 1.90. The van der Waals surface area contributed by atoms with E-state index in [9.17, 15) is 9.90 Å². The van der Waals surface area contributed by atoms with Gasteiger partial charge in [-0.2, -0.15) is 0 Å². The number of furan rings is 1. The molecule has 1 atom stereocenters. The molecule has 2 N–H and O–H groups in total. The number of hydrogen-bond donors (Lipinski definition) is 2. The lowest BCUT2D eigenvalue weighted by atomic mass is 10.1. The van der Waals surface area contributed by atoms with Gasteiger partial charge in [0, 0.05) is 18.0 Å². The fraction of sp³-hybridized carbons (Fsp3) is 0.214. The molecule has 1 amide bonds. The predicted molar refractivity (Wildman–Crippen MR) is 75.1 cm³/mol. The molecule has 0 saturated carbocycles. The van der Waals surface area contributed by atoms with E-state index in [1.807, 2.05) is 19.1 Å². The van der Waals surface area contributed by atoms with Gasteiger partial charge in [-0.25, -0.2) is 0 Å². The summed E-state index contributed by atoms with van der Waals surface area (Å²) in [5.41, 5.74) is 0.423. The van der Waals surface area contributed by atoms with Crippen LogP contribution in [0.2, 0.25) is 0 Å². The van der Waals surface area contributed by atoms with Crippen LogP contribution in [0.25, 0.3) is 0 Å². The molecular weight excluding hydrogens is 310 g/mol. The molecule has 0 aliphatic rings. The SMILES string of the molecule is CC(Cc1ccco1)NC(=O)c1ccc(Br)c(O)c1. The third kappa shape index (κ3) is 3.61. The number of carbonyl (C=O) groups excluding carboxylic acids is 1. The van der Waals surface area contributed by atoms with Gasteiger partial charge in [-0.1, -0.05) is 0 Å². The van der Waals surface area contributed by atoms with Crippen LogP contribution in [0.4, 0.5) is 0 Å². The number of nitrogens with one attached hydrogen (secondary N) is 1. The minimum absolute atomic E-state index is 0.0475. The zero-order chi connectivity index (χ0) is 13.8. The van der Waals surface area contributed by atoms with Gasteiger partial charge < -0.3 is 14.8 Å². The zero-order valence-electron chi connectivity index (χ0n) is 10.4. The molecule has 5 heteroatoms. The first-order chi connectivity index (χ1) is 9.06. The average molecular weight is 324 g/mol. The molecule has 0 aliphatic carbocycles. The summed E-state index contributed by atoms with van der Waals surface area (Å²) in [6.07, 6.45) is 2.23. The molecule has 1 aromatic heterocycles. The maximum absolute atomic E-state index is 12.0. The van der Waals surface area contributed by atoms with E-state index in [4.69, 9.17) is 4.42 Å². The highest BCUT2D eigenvalue weighted by Crippen LogP contribution is 2.24. The van der Waals surface area contributed by atoms with E-state index in [2.05, 4.69) is 21.2 Å². The van der Waals surface area contributed by atoms with Crippen LogP contribution >= 0.6 is 15.9 Å². The molecule has 0 bridgehead atoms. The molecule has 4 nitrogen and oxygen atoms in total. The minimum Gasteiger partial charge on any atom is -0.507 e. The van der Waals surface area contributed by atoms with E-state index in [0.29, 0.717) is 16.5 Å². The first kappa shape index (κ1) is 13.7. The number of halogens is 1. The second-order valence-electron chi connectivity index (χ2n) is 4.32. The van der Waals surface area contributed by atoms with Crippen LogP contribution in [0, 0.1) is 0 Å². The van der Waals surface area contributed by atoms with Crippen LogP contribution in [-0.4, -0.2) is 17.1 Å². The van der Waals surface area contributed by atoms with Crippen molar-refractivity contribution in [2.45, 2.75) is 19.4 Å². The van der Waals surface area contributed by atoms with E-state index in [1.165, 1.54) is 6.07 Å². The Morgan fingerprint density at radius 3 is 2.89 bits per heavy atom. The molecule has 2 rings (SSSR count). The second kappa shape index (κ2) is 5.93. The van der Waals surface area contributed by atoms with Gasteiger partial charge in [-0.15, -0.1) is 0 Å². The Morgan fingerprint density at radius 2 is 2.26 bits per heavy atom. The highest BCUT2D eigenvalue weighted by Gasteiger charge is 2.12. The molecule has 0 aliphatic heterocycles. The van der Waals surface area contributed by atoms with Crippen molar-refractivity contribution >= 4 is 21.8 Å². The Balaban J connectivity index is 1.98. The molecule has 0 fully saturated rings. The van der Waals surface area contributed by atoms with Crippen LogP contribution in [0.1, 0.15) is 23.0 Å². The molecule has 1 unspecified atom stereocenters. The van der Waals surface area contributed by atoms with Crippen molar-refractivity contribution in [2.24, 2.45) is 0 Å². The van der Waals surface area contributed by atoms with E-state index in [1.54, 1.807) is 18.4 Å². The lowest BCUT2D eigenvalue weighted by Crippen LogP contribution is -2.33. The van der Waals surface area contributed by atoms with E-state index in [0.717, 1.165) is 5.76 Å². The Morgan fingerprint density at radius 1 is 1.47 bits per heavy atom. The van der Waals surface area contributed by atoms with Crippen molar-refractivity contribution in [3.05, 3.63) is 52.4 Å². The summed E-state index contributed by atoms with van der Waals surface area (Å²) in [5.74, 6) is 0.652. The van der Waals surface area contributed by atoms with Gasteiger partial charge in [0.05, 0.1) is 10.7 Å². The fourth-order valence-corrected chi connectivity index (χ4v) is 1.99. The highest BCUT2D eigenvalue weighted by atomic mass is 79.9. The third-order valence-electron chi connectivity index (χ3n) is 2.67. The smallest absolute Gasteiger partial charge is 0.251 e. The first-order valence-electron chi connectivity index (χ1n) is 5.88. The van der Waals surface area contributed by atoms with Crippen molar-refractivity contribution in [3.8, 4) is 5.75 Å². The molecule has 0 saturated heterocycles. The van der Waals surface area contributed by atoms with Gasteiger partial charge >= 0.3 is 0 Å². The van der Waals surface area contributed by atoms with E-state index in [-0.39, 0.29) is 17.7 Å². The van der Waals surface area contributed by atoms with Crippen molar-refractivity contribution in [1.82, 2.24) is 5.32 Å². The number of phenolic OH excluding ortho intramolecular Hbond substituents is 1. The summed E-state index contributed by atoms with van der Waals surface area (Å²) in [5, 5.41) is 12.4. The first-order valence-corrected chi connectivity index (χ1v) is 6.67. The lowest BCUT2D eigenvalue weighted by Gasteiger charge is -2.12. The van der Waals surface area contributed by atoms with Crippen molar-refractivity contribution in [2.75, 3.05) is 0 Å². The molecule has 0 radical (unpaired) electrons. The van der Waals surface area contributed by atoms with Gasteiger partial charge in [-0.05, 0) is 53.2 Å². The van der Waals surface area contributed by atoms with E-state index < -0.39 is 0 Å². The number of aromatic hydroxyl groups is 1. The second-order valence-corrected chi connectivity index (χ2v) is 5.18. The van der Waals surface area contributed by atoms with Gasteiger partial charge in [0.15, 0.2) is 0 Å². The summed E-state index contributed by atoms with van der Waals surface area (Å²) in [6, 6.07) is 8.36. The third-order valence-corrected chi connectivity index (χ3v) is 3.34. The van der Waals surface area contributed by atoms with E-state index >= 15 is 0 Å². The maximum atomic E-state index is 12.0. The summed E-state index contributed by atoms with van der Waals surface area (Å²) >= 11 is 3.18. The average Bonchev–Trinajstić information content (AvgIpc) is 2.85. The fourth-order valence-electron chi connectivity index (χ4n) is 1.74. The summed E-state index contributed by atoms with van der Waals surface area (Å²) < 4.78 is 5.79. The highest BCUT2D eigenvalue weighted by molar-refractivity contribution is 9.10. The number of amides is 1. The van der Waals surface area contributed by atoms with Gasteiger partial charge in [0.25, 0.3) is 5.91 Å². The van der Waals surface area contributed by atoms with Crippen LogP contribution in [-0.2, 0) is 6.42 Å². The van der Waals surface area contributed by atoms with Crippen molar-refractivity contribution < 1.29 is 14.3 Å². The monoisotopic (exact) mass is 323 g/mol. The lowest BCUT2D eigenvalue weighted by molar-refractivity contribution is 0.0939. The number of carbonyl (C=O) groups is 1. The molecule has 19 heavy (non-hydrogen) atoms. The Bertz CT molecular complexity index is 566. The van der Waals surface area contributed by atoms with Crippen LogP contribution < -0.4 is 5.32 Å². The Kier molecular flexibility index (Phi) is 4.27. The largest absolute Gasteiger partial charge is 0.507 e. The Labute approximate surface area is 119 Å². The quantitative estimate of drug-likeness (QED) is 0.908. The zero-order valence-corrected chi connectivity index (χ0v) is 12.0. The van der Waals surface area contributed by atoms with Crippen molar-refractivity contribution in [1.29, 1.82) is 0 Å². The van der Waals surface area contributed by atoms with Gasteiger partial charge in [-0.3, -0.25) is 4.79 Å². The van der Waals surface area contributed by atoms with Gasteiger partial charge in [0.1, 0.15) is 11.5 Å². The normalized spacial score (nSPS) is 12.1. The summed E-state index contributed by atoms with van der Waals surface area (Å²) in [7, 11) is 0. The topological polar surface area (TPSA) is 62.5 Å². The molecule has 1 heterocycles. The van der Waals surface area contributed by atoms with Gasteiger partial charge in [0.2, 0.25) is 0 Å².